The number of anilines is 2. The lowest BCUT2D eigenvalue weighted by Crippen LogP contribution is -2.31. The third-order valence-corrected chi connectivity index (χ3v) is 2.95. The van der Waals surface area contributed by atoms with Gasteiger partial charge in [0, 0.05) is 30.0 Å². The minimum absolute atomic E-state index is 0.0170. The predicted octanol–water partition coefficient (Wildman–Crippen LogP) is 3.59. The first-order chi connectivity index (χ1) is 8.81. The Bertz CT molecular complexity index is 428. The standard InChI is InChI=1S/C16H26N2O/c1-11(2)9-18(10-12(3)4)14-6-7-15(13(5)19)16(17)8-14/h6-8,11-12H,9-10,17H2,1-5H3. The molecule has 19 heavy (non-hydrogen) atoms. The van der Waals surface area contributed by atoms with Gasteiger partial charge < -0.3 is 10.6 Å². The number of nitrogen functional groups attached to an aromatic ring is 1. The molecule has 0 fully saturated rings. The SMILES string of the molecule is CC(=O)c1ccc(N(CC(C)C)CC(C)C)cc1N. The summed E-state index contributed by atoms with van der Waals surface area (Å²) >= 11 is 0. The fourth-order valence-corrected chi connectivity index (χ4v) is 2.23. The summed E-state index contributed by atoms with van der Waals surface area (Å²) in [6.45, 7) is 12.4. The van der Waals surface area contributed by atoms with E-state index in [1.165, 1.54) is 0 Å². The number of carbonyl (C=O) groups excluding carboxylic acids is 1. The summed E-state index contributed by atoms with van der Waals surface area (Å²) < 4.78 is 0. The van der Waals surface area contributed by atoms with E-state index in [1.54, 1.807) is 6.92 Å². The van der Waals surface area contributed by atoms with Gasteiger partial charge in [-0.2, -0.15) is 0 Å². The Morgan fingerprint density at radius 3 is 2.05 bits per heavy atom. The molecule has 0 atom stereocenters. The van der Waals surface area contributed by atoms with Crippen LogP contribution in [0.1, 0.15) is 45.0 Å². The molecule has 0 aliphatic heterocycles. The van der Waals surface area contributed by atoms with Crippen LogP contribution >= 0.6 is 0 Å². The Morgan fingerprint density at radius 1 is 1.16 bits per heavy atom. The number of carbonyl (C=O) groups is 1. The van der Waals surface area contributed by atoms with Crippen molar-refractivity contribution < 1.29 is 4.79 Å². The summed E-state index contributed by atoms with van der Waals surface area (Å²) in [4.78, 5) is 13.8. The number of hydrogen-bond donors (Lipinski definition) is 1. The van der Waals surface area contributed by atoms with Gasteiger partial charge in [0.05, 0.1) is 0 Å². The molecular formula is C16H26N2O. The second kappa shape index (κ2) is 6.60. The van der Waals surface area contributed by atoms with Crippen LogP contribution in [-0.2, 0) is 0 Å². The summed E-state index contributed by atoms with van der Waals surface area (Å²) in [6.07, 6.45) is 0. The highest BCUT2D eigenvalue weighted by molar-refractivity contribution is 5.99. The Hall–Kier alpha value is -1.51. The van der Waals surface area contributed by atoms with Crippen molar-refractivity contribution in [2.45, 2.75) is 34.6 Å². The van der Waals surface area contributed by atoms with Crippen LogP contribution in [0.15, 0.2) is 18.2 Å². The molecule has 106 valence electrons. The highest BCUT2D eigenvalue weighted by Crippen LogP contribution is 2.23. The quantitative estimate of drug-likeness (QED) is 0.629. The molecule has 0 aliphatic rings. The number of benzene rings is 1. The lowest BCUT2D eigenvalue weighted by atomic mass is 10.1. The van der Waals surface area contributed by atoms with E-state index >= 15 is 0 Å². The zero-order valence-electron chi connectivity index (χ0n) is 12.7. The van der Waals surface area contributed by atoms with Crippen LogP contribution in [0.25, 0.3) is 0 Å². The molecule has 0 heterocycles. The minimum Gasteiger partial charge on any atom is -0.398 e. The van der Waals surface area contributed by atoms with E-state index in [0.717, 1.165) is 18.8 Å². The van der Waals surface area contributed by atoms with Crippen LogP contribution in [0.4, 0.5) is 11.4 Å². The van der Waals surface area contributed by atoms with Crippen LogP contribution in [0.3, 0.4) is 0 Å². The summed E-state index contributed by atoms with van der Waals surface area (Å²) in [5, 5.41) is 0. The monoisotopic (exact) mass is 262 g/mol. The zero-order chi connectivity index (χ0) is 14.6. The van der Waals surface area contributed by atoms with Gasteiger partial charge in [0.15, 0.2) is 5.78 Å². The van der Waals surface area contributed by atoms with Gasteiger partial charge in [-0.3, -0.25) is 4.79 Å². The minimum atomic E-state index is 0.0170. The van der Waals surface area contributed by atoms with E-state index in [4.69, 9.17) is 5.73 Å². The average Bonchev–Trinajstić information content (AvgIpc) is 2.26. The highest BCUT2D eigenvalue weighted by Gasteiger charge is 2.13. The van der Waals surface area contributed by atoms with Crippen molar-refractivity contribution in [1.29, 1.82) is 0 Å². The first-order valence-electron chi connectivity index (χ1n) is 6.96. The molecule has 3 nitrogen and oxygen atoms in total. The van der Waals surface area contributed by atoms with E-state index < -0.39 is 0 Å². The van der Waals surface area contributed by atoms with Crippen molar-refractivity contribution in [2.24, 2.45) is 11.8 Å². The van der Waals surface area contributed by atoms with Gasteiger partial charge in [0.2, 0.25) is 0 Å². The van der Waals surface area contributed by atoms with Crippen LogP contribution in [0, 0.1) is 11.8 Å². The summed E-state index contributed by atoms with van der Waals surface area (Å²) in [5.41, 5.74) is 8.26. The molecule has 0 saturated carbocycles. The summed E-state index contributed by atoms with van der Waals surface area (Å²) in [7, 11) is 0. The molecule has 3 heteroatoms. The molecule has 2 N–H and O–H groups in total. The third kappa shape index (κ3) is 4.58. The number of nitrogens with zero attached hydrogens (tertiary/aromatic N) is 1. The fourth-order valence-electron chi connectivity index (χ4n) is 2.23. The van der Waals surface area contributed by atoms with Crippen molar-refractivity contribution in [3.63, 3.8) is 0 Å². The molecule has 0 unspecified atom stereocenters. The molecule has 0 spiro atoms. The third-order valence-electron chi connectivity index (χ3n) is 2.95. The molecule has 1 rings (SSSR count). The summed E-state index contributed by atoms with van der Waals surface area (Å²) in [5.74, 6) is 1.20. The molecule has 0 aliphatic carbocycles. The maximum Gasteiger partial charge on any atom is 0.161 e. The number of ketones is 1. The average molecular weight is 262 g/mol. The van der Waals surface area contributed by atoms with Crippen LogP contribution in [0.5, 0.6) is 0 Å². The van der Waals surface area contributed by atoms with Crippen molar-refractivity contribution in [3.8, 4) is 0 Å². The largest absolute Gasteiger partial charge is 0.398 e. The highest BCUT2D eigenvalue weighted by atomic mass is 16.1. The fraction of sp³-hybridized carbons (Fsp3) is 0.562. The van der Waals surface area contributed by atoms with E-state index in [0.29, 0.717) is 23.1 Å². The van der Waals surface area contributed by atoms with Gasteiger partial charge in [-0.1, -0.05) is 27.7 Å². The lowest BCUT2D eigenvalue weighted by molar-refractivity contribution is 0.101. The van der Waals surface area contributed by atoms with Gasteiger partial charge >= 0.3 is 0 Å². The van der Waals surface area contributed by atoms with Crippen LogP contribution < -0.4 is 10.6 Å². The topological polar surface area (TPSA) is 46.3 Å². The predicted molar refractivity (Wildman–Crippen MR) is 82.7 cm³/mol. The van der Waals surface area contributed by atoms with Gasteiger partial charge in [-0.25, -0.2) is 0 Å². The van der Waals surface area contributed by atoms with E-state index in [-0.39, 0.29) is 5.78 Å². The van der Waals surface area contributed by atoms with Crippen molar-refractivity contribution >= 4 is 17.2 Å². The Kier molecular flexibility index (Phi) is 5.40. The number of rotatable bonds is 6. The van der Waals surface area contributed by atoms with Crippen LogP contribution in [0.2, 0.25) is 0 Å². The number of Topliss-reactive ketones (excluding diaryl/α,β-unsaturated/α-hetero) is 1. The van der Waals surface area contributed by atoms with Gasteiger partial charge in [0.1, 0.15) is 0 Å². The van der Waals surface area contributed by atoms with E-state index in [2.05, 4.69) is 32.6 Å². The maximum atomic E-state index is 11.4. The molecule has 1 aromatic carbocycles. The lowest BCUT2D eigenvalue weighted by Gasteiger charge is -2.29. The van der Waals surface area contributed by atoms with Gasteiger partial charge in [0.25, 0.3) is 0 Å². The smallest absolute Gasteiger partial charge is 0.161 e. The second-order valence-electron chi connectivity index (χ2n) is 6.02. The van der Waals surface area contributed by atoms with Gasteiger partial charge in [-0.15, -0.1) is 0 Å². The normalized spacial score (nSPS) is 11.1. The Balaban J connectivity index is 3.02. The first-order valence-corrected chi connectivity index (χ1v) is 6.96. The zero-order valence-corrected chi connectivity index (χ0v) is 12.7. The Labute approximate surface area is 116 Å². The van der Waals surface area contributed by atoms with E-state index in [1.807, 2.05) is 18.2 Å². The van der Waals surface area contributed by atoms with Crippen molar-refractivity contribution in [2.75, 3.05) is 23.7 Å². The second-order valence-corrected chi connectivity index (χ2v) is 6.02. The van der Waals surface area contributed by atoms with Crippen LogP contribution in [-0.4, -0.2) is 18.9 Å². The molecule has 0 bridgehead atoms. The first kappa shape index (κ1) is 15.5. The van der Waals surface area contributed by atoms with Gasteiger partial charge in [-0.05, 0) is 37.0 Å². The number of nitrogens with two attached hydrogens (primary N) is 1. The molecule has 0 amide bonds. The molecule has 0 saturated heterocycles. The molecule has 0 radical (unpaired) electrons. The maximum absolute atomic E-state index is 11.4. The van der Waals surface area contributed by atoms with E-state index in [9.17, 15) is 4.79 Å². The number of hydrogen-bond acceptors (Lipinski definition) is 3. The molecular weight excluding hydrogens is 236 g/mol. The van der Waals surface area contributed by atoms with Crippen molar-refractivity contribution in [1.82, 2.24) is 0 Å². The van der Waals surface area contributed by atoms with Crippen molar-refractivity contribution in [3.05, 3.63) is 23.8 Å². The molecule has 0 aromatic heterocycles. The summed E-state index contributed by atoms with van der Waals surface area (Å²) in [6, 6.07) is 5.75. The Morgan fingerprint density at radius 2 is 1.68 bits per heavy atom. The molecule has 1 aromatic rings.